The van der Waals surface area contributed by atoms with Crippen molar-refractivity contribution in [3.63, 3.8) is 0 Å². The highest BCUT2D eigenvalue weighted by Crippen LogP contribution is 2.36. The molecule has 5 heteroatoms. The third-order valence-electron chi connectivity index (χ3n) is 3.74. The molecule has 1 fully saturated rings. The summed E-state index contributed by atoms with van der Waals surface area (Å²) in [6, 6.07) is -0.0683. The highest BCUT2D eigenvalue weighted by molar-refractivity contribution is 5.74. The second-order valence-electron chi connectivity index (χ2n) is 6.78. The average Bonchev–Trinajstić information content (AvgIpc) is 2.25. The van der Waals surface area contributed by atoms with Crippen LogP contribution in [0, 0.1) is 0 Å². The largest absolute Gasteiger partial charge is 0.338 e. The van der Waals surface area contributed by atoms with Crippen molar-refractivity contribution in [1.82, 2.24) is 15.7 Å². The average molecular weight is 270 g/mol. The Hall–Kier alpha value is -0.810. The van der Waals surface area contributed by atoms with E-state index < -0.39 is 11.1 Å². The van der Waals surface area contributed by atoms with Crippen LogP contribution in [0.5, 0.6) is 0 Å². The molecule has 0 saturated carbocycles. The molecule has 1 aliphatic heterocycles. The van der Waals surface area contributed by atoms with Gasteiger partial charge in [0.15, 0.2) is 0 Å². The number of nitrogens with zero attached hydrogens (tertiary/aromatic N) is 1. The Morgan fingerprint density at radius 1 is 1.21 bits per heavy atom. The SMILES string of the molecule is CCCCNC(=O)NC1CC(C)(C)N([O])C(C)(C)C1. The normalized spacial score (nSPS) is 23.1. The van der Waals surface area contributed by atoms with Gasteiger partial charge in [-0.3, -0.25) is 0 Å². The van der Waals surface area contributed by atoms with Crippen molar-refractivity contribution < 1.29 is 10.0 Å². The van der Waals surface area contributed by atoms with Crippen LogP contribution >= 0.6 is 0 Å². The van der Waals surface area contributed by atoms with Crippen molar-refractivity contribution in [2.75, 3.05) is 6.54 Å². The first-order valence-electron chi connectivity index (χ1n) is 7.21. The number of urea groups is 1. The zero-order valence-electron chi connectivity index (χ0n) is 12.9. The van der Waals surface area contributed by atoms with Gasteiger partial charge in [-0.2, -0.15) is 0 Å². The molecule has 1 radical (unpaired) electrons. The second-order valence-corrected chi connectivity index (χ2v) is 6.78. The quantitative estimate of drug-likeness (QED) is 0.771. The van der Waals surface area contributed by atoms with Crippen molar-refractivity contribution in [2.24, 2.45) is 0 Å². The predicted octanol–water partition coefficient (Wildman–Crippen LogP) is 2.45. The maximum absolute atomic E-state index is 12.2. The van der Waals surface area contributed by atoms with Crippen LogP contribution in [0.1, 0.15) is 60.3 Å². The van der Waals surface area contributed by atoms with E-state index in [0.717, 1.165) is 12.8 Å². The highest BCUT2D eigenvalue weighted by Gasteiger charge is 2.46. The van der Waals surface area contributed by atoms with Crippen LogP contribution in [-0.4, -0.2) is 34.8 Å². The van der Waals surface area contributed by atoms with E-state index in [9.17, 15) is 10.0 Å². The summed E-state index contributed by atoms with van der Waals surface area (Å²) in [5.41, 5.74) is -0.883. The zero-order valence-corrected chi connectivity index (χ0v) is 12.9. The summed E-state index contributed by atoms with van der Waals surface area (Å²) >= 11 is 0. The number of rotatable bonds is 4. The maximum atomic E-state index is 12.2. The lowest BCUT2D eigenvalue weighted by molar-refractivity contribution is -0.289. The first-order chi connectivity index (χ1) is 8.69. The van der Waals surface area contributed by atoms with Crippen LogP contribution in [0.4, 0.5) is 4.79 Å². The molecule has 19 heavy (non-hydrogen) atoms. The third-order valence-corrected chi connectivity index (χ3v) is 3.74. The summed E-state index contributed by atoms with van der Waals surface area (Å²) in [6.45, 7) is 10.5. The molecule has 0 spiro atoms. The van der Waals surface area contributed by atoms with Crippen LogP contribution in [0.3, 0.4) is 0 Å². The van der Waals surface area contributed by atoms with Gasteiger partial charge in [-0.05, 0) is 47.0 Å². The Morgan fingerprint density at radius 2 is 1.74 bits per heavy atom. The van der Waals surface area contributed by atoms with Crippen molar-refractivity contribution >= 4 is 6.03 Å². The molecule has 2 amide bonds. The summed E-state index contributed by atoms with van der Waals surface area (Å²) in [5.74, 6) is 0. The van der Waals surface area contributed by atoms with E-state index in [2.05, 4.69) is 17.6 Å². The van der Waals surface area contributed by atoms with E-state index >= 15 is 0 Å². The molecule has 0 unspecified atom stereocenters. The second kappa shape index (κ2) is 6.09. The topological polar surface area (TPSA) is 64.3 Å². The molecule has 2 N–H and O–H groups in total. The highest BCUT2D eigenvalue weighted by atomic mass is 16.5. The number of piperidine rings is 1. The Bertz CT molecular complexity index is 298. The van der Waals surface area contributed by atoms with Gasteiger partial charge in [0.25, 0.3) is 0 Å². The standard InChI is InChI=1S/C14H28N3O2/c1-6-7-8-15-12(18)16-11-9-13(2,3)17(19)14(4,5)10-11/h11H,6-10H2,1-5H3,(H2,15,16,18). The monoisotopic (exact) mass is 270 g/mol. The fourth-order valence-corrected chi connectivity index (χ4v) is 2.98. The predicted molar refractivity (Wildman–Crippen MR) is 75.1 cm³/mol. The van der Waals surface area contributed by atoms with Gasteiger partial charge in [-0.15, -0.1) is 10.3 Å². The number of carbonyl (C=O) groups excluding carboxylic acids is 1. The summed E-state index contributed by atoms with van der Waals surface area (Å²) in [5, 5.41) is 19.2. The van der Waals surface area contributed by atoms with E-state index in [-0.39, 0.29) is 12.1 Å². The lowest BCUT2D eigenvalue weighted by Gasteiger charge is -2.49. The fourth-order valence-electron chi connectivity index (χ4n) is 2.98. The molecule has 0 aromatic carbocycles. The first-order valence-corrected chi connectivity index (χ1v) is 7.21. The summed E-state index contributed by atoms with van der Waals surface area (Å²) in [7, 11) is 0. The molecule has 1 rings (SSSR count). The minimum atomic E-state index is -0.441. The van der Waals surface area contributed by atoms with Crippen molar-refractivity contribution in [1.29, 1.82) is 0 Å². The van der Waals surface area contributed by atoms with E-state index in [0.29, 0.717) is 19.4 Å². The van der Waals surface area contributed by atoms with Crippen LogP contribution in [-0.2, 0) is 5.21 Å². The van der Waals surface area contributed by atoms with Gasteiger partial charge >= 0.3 is 6.03 Å². The Balaban J connectivity index is 2.53. The molecule has 111 valence electrons. The molecule has 1 saturated heterocycles. The molecule has 1 aliphatic rings. The van der Waals surface area contributed by atoms with Crippen LogP contribution in [0.25, 0.3) is 0 Å². The zero-order chi connectivity index (χ0) is 14.7. The first kappa shape index (κ1) is 16.2. The Kier molecular flexibility index (Phi) is 5.21. The Morgan fingerprint density at radius 3 is 2.21 bits per heavy atom. The molecule has 0 aromatic heterocycles. The van der Waals surface area contributed by atoms with Crippen LogP contribution in [0.2, 0.25) is 0 Å². The molecule has 5 nitrogen and oxygen atoms in total. The maximum Gasteiger partial charge on any atom is 0.315 e. The molecule has 1 heterocycles. The van der Waals surface area contributed by atoms with Crippen LogP contribution in [0.15, 0.2) is 0 Å². The van der Waals surface area contributed by atoms with Gasteiger partial charge < -0.3 is 10.6 Å². The summed E-state index contributed by atoms with van der Waals surface area (Å²) in [4.78, 5) is 11.8. The van der Waals surface area contributed by atoms with Gasteiger partial charge in [0.1, 0.15) is 0 Å². The van der Waals surface area contributed by atoms with E-state index in [1.54, 1.807) is 0 Å². The van der Waals surface area contributed by atoms with Crippen LogP contribution < -0.4 is 10.6 Å². The van der Waals surface area contributed by atoms with E-state index in [1.165, 1.54) is 5.06 Å². The fraction of sp³-hybridized carbons (Fsp3) is 0.929. The lowest BCUT2D eigenvalue weighted by atomic mass is 9.79. The number of amides is 2. The summed E-state index contributed by atoms with van der Waals surface area (Å²) in [6.07, 6.45) is 3.42. The van der Waals surface area contributed by atoms with Gasteiger partial charge in [-0.1, -0.05) is 13.3 Å². The minimum Gasteiger partial charge on any atom is -0.338 e. The summed E-state index contributed by atoms with van der Waals surface area (Å²) < 4.78 is 0. The van der Waals surface area contributed by atoms with Gasteiger partial charge in [0.05, 0.1) is 0 Å². The van der Waals surface area contributed by atoms with E-state index in [1.807, 2.05) is 27.7 Å². The van der Waals surface area contributed by atoms with Gasteiger partial charge in [0, 0.05) is 23.7 Å². The molecule has 0 aliphatic carbocycles. The molecule has 0 atom stereocenters. The number of hydrogen-bond acceptors (Lipinski definition) is 2. The minimum absolute atomic E-state index is 0.0526. The van der Waals surface area contributed by atoms with E-state index in [4.69, 9.17) is 0 Å². The smallest absolute Gasteiger partial charge is 0.315 e. The van der Waals surface area contributed by atoms with Crippen molar-refractivity contribution in [2.45, 2.75) is 77.4 Å². The van der Waals surface area contributed by atoms with Gasteiger partial charge in [0.2, 0.25) is 0 Å². The van der Waals surface area contributed by atoms with Gasteiger partial charge in [-0.25, -0.2) is 4.79 Å². The molecular formula is C14H28N3O2. The number of unbranched alkanes of at least 4 members (excludes halogenated alkanes) is 1. The molecular weight excluding hydrogens is 242 g/mol. The Labute approximate surface area is 116 Å². The van der Waals surface area contributed by atoms with Crippen molar-refractivity contribution in [3.05, 3.63) is 0 Å². The lowest BCUT2D eigenvalue weighted by Crippen LogP contribution is -2.62. The number of carbonyl (C=O) groups is 1. The third kappa shape index (κ3) is 4.35. The number of hydrogen-bond donors (Lipinski definition) is 2. The number of hydroxylamine groups is 2. The molecule has 0 aromatic rings. The molecule has 0 bridgehead atoms. The number of nitrogens with one attached hydrogen (secondary N) is 2. The van der Waals surface area contributed by atoms with Crippen molar-refractivity contribution in [3.8, 4) is 0 Å².